The summed E-state index contributed by atoms with van der Waals surface area (Å²) in [5.74, 6) is -1.89. The van der Waals surface area contributed by atoms with Gasteiger partial charge in [-0.25, -0.2) is 9.18 Å². The van der Waals surface area contributed by atoms with Crippen molar-refractivity contribution in [3.63, 3.8) is 0 Å². The number of methoxy groups -OCH3 is 1. The van der Waals surface area contributed by atoms with E-state index in [0.29, 0.717) is 5.82 Å². The minimum Gasteiger partial charge on any atom is -0.493 e. The molecule has 0 bridgehead atoms. The van der Waals surface area contributed by atoms with E-state index in [1.165, 1.54) is 38.4 Å². The van der Waals surface area contributed by atoms with Crippen molar-refractivity contribution in [1.29, 1.82) is 5.26 Å². The van der Waals surface area contributed by atoms with Gasteiger partial charge in [0, 0.05) is 18.3 Å². The molecule has 15 heteroatoms. The molecule has 0 fully saturated rings. The van der Waals surface area contributed by atoms with Crippen molar-refractivity contribution in [2.45, 2.75) is 24.9 Å². The third-order valence-electron chi connectivity index (χ3n) is 10.6. The molecule has 0 unspecified atom stereocenters. The van der Waals surface area contributed by atoms with Crippen LogP contribution in [0.1, 0.15) is 33.6 Å². The maximum atomic E-state index is 16.5. The van der Waals surface area contributed by atoms with Crippen LogP contribution >= 0.6 is 0 Å². The second-order valence-corrected chi connectivity index (χ2v) is 14.3. The summed E-state index contributed by atoms with van der Waals surface area (Å²) >= 11 is 0. The second-order valence-electron chi connectivity index (χ2n) is 14.3. The van der Waals surface area contributed by atoms with E-state index in [-0.39, 0.29) is 51.5 Å². The van der Waals surface area contributed by atoms with Crippen molar-refractivity contribution in [2.24, 2.45) is 7.05 Å². The zero-order valence-electron chi connectivity index (χ0n) is 33.1. The van der Waals surface area contributed by atoms with E-state index in [1.54, 1.807) is 12.4 Å². The first-order valence-corrected chi connectivity index (χ1v) is 19.1. The molecule has 1 amide bonds. The average molecular weight is 838 g/mol. The van der Waals surface area contributed by atoms with Crippen molar-refractivity contribution in [3.05, 3.63) is 196 Å². The number of alkyl halides is 3. The number of nitrogens with zero attached hydrogens (tertiary/aromatic N) is 6. The number of imidazole rings is 1. The monoisotopic (exact) mass is 837 g/mol. The van der Waals surface area contributed by atoms with Crippen molar-refractivity contribution in [1.82, 2.24) is 23.9 Å². The third kappa shape index (κ3) is 7.42. The van der Waals surface area contributed by atoms with Crippen LogP contribution in [0.5, 0.6) is 11.5 Å². The number of nitrogens with one attached hydrogen (secondary N) is 1. The van der Waals surface area contributed by atoms with Crippen LogP contribution in [0.4, 0.5) is 23.2 Å². The highest BCUT2D eigenvalue weighted by molar-refractivity contribution is 5.96. The first kappa shape index (κ1) is 40.8. The van der Waals surface area contributed by atoms with Gasteiger partial charge in [0.15, 0.2) is 23.1 Å². The van der Waals surface area contributed by atoms with Gasteiger partial charge in [0.25, 0.3) is 0 Å². The van der Waals surface area contributed by atoms with Crippen LogP contribution in [-0.4, -0.2) is 36.9 Å². The molecule has 11 nitrogen and oxygen atoms in total. The van der Waals surface area contributed by atoms with Gasteiger partial charge >= 0.3 is 11.9 Å². The molecule has 0 aliphatic heterocycles. The highest BCUT2D eigenvalue weighted by atomic mass is 19.4. The molecule has 310 valence electrons. The number of ether oxygens (including phenoxy) is 2. The zero-order valence-corrected chi connectivity index (χ0v) is 33.1. The van der Waals surface area contributed by atoms with Crippen LogP contribution < -0.4 is 20.5 Å². The van der Waals surface area contributed by atoms with Crippen LogP contribution in [0.25, 0.3) is 22.2 Å². The number of hydrogen-bond acceptors (Lipinski definition) is 7. The van der Waals surface area contributed by atoms with Gasteiger partial charge in [-0.1, -0.05) is 97.1 Å². The molecular formula is C47H35F4N7O4. The van der Waals surface area contributed by atoms with Crippen LogP contribution in [0, 0.1) is 17.1 Å². The van der Waals surface area contributed by atoms with Gasteiger partial charge < -0.3 is 14.8 Å². The summed E-state index contributed by atoms with van der Waals surface area (Å²) in [4.78, 5) is 26.8. The van der Waals surface area contributed by atoms with Crippen LogP contribution in [0.3, 0.4) is 0 Å². The standard InChI is InChI=1S/C47H35F4N7O4/c1-56-43-37(24-35(47(49,50)51)25-39(43)57(45(56)60)27-42(59)54-36-20-12-13-30(21-36)26-52)31-22-38(48)44(40(23-31)61-2)62-28-41-55-53-29-58(41)46(32-14-6-3-7-15-32,33-16-8-4-9-17-33)34-18-10-5-11-19-34/h3-25,29H,27-28H2,1-2H3,(H,54,59). The van der Waals surface area contributed by atoms with E-state index >= 15 is 4.39 Å². The minimum atomic E-state index is -4.89. The Kier molecular flexibility index (Phi) is 10.9. The smallest absolute Gasteiger partial charge is 0.416 e. The number of hydrogen-bond donors (Lipinski definition) is 1. The minimum absolute atomic E-state index is 0.00424. The molecule has 0 aliphatic rings. The van der Waals surface area contributed by atoms with Crippen LogP contribution in [0.2, 0.25) is 0 Å². The Morgan fingerprint density at radius 1 is 0.823 bits per heavy atom. The number of anilines is 1. The molecule has 1 N–H and O–H groups in total. The fourth-order valence-corrected chi connectivity index (χ4v) is 7.85. The fourth-order valence-electron chi connectivity index (χ4n) is 7.85. The molecule has 0 atom stereocenters. The van der Waals surface area contributed by atoms with E-state index in [0.717, 1.165) is 44.0 Å². The lowest BCUT2D eigenvalue weighted by molar-refractivity contribution is -0.137. The van der Waals surface area contributed by atoms with Gasteiger partial charge in [0.2, 0.25) is 5.91 Å². The Labute approximate surface area is 351 Å². The van der Waals surface area contributed by atoms with Crippen molar-refractivity contribution in [3.8, 4) is 28.7 Å². The fraction of sp³-hybridized carbons (Fsp3) is 0.128. The van der Waals surface area contributed by atoms with Gasteiger partial charge in [-0.05, 0) is 64.7 Å². The van der Waals surface area contributed by atoms with Crippen molar-refractivity contribution >= 4 is 22.6 Å². The predicted octanol–water partition coefficient (Wildman–Crippen LogP) is 8.69. The van der Waals surface area contributed by atoms with E-state index in [1.807, 2.05) is 102 Å². The summed E-state index contributed by atoms with van der Waals surface area (Å²) < 4.78 is 75.6. The van der Waals surface area contributed by atoms with Gasteiger partial charge in [0.05, 0.1) is 35.3 Å². The lowest BCUT2D eigenvalue weighted by Crippen LogP contribution is -2.38. The SMILES string of the molecule is COc1cc(-c2cc(C(F)(F)F)cc3c2n(C)c(=O)n3CC(=O)Nc2cccc(C#N)c2)cc(F)c1OCc1nncn1C(c1ccccc1)(c1ccccc1)c1ccccc1. The number of amides is 1. The lowest BCUT2D eigenvalue weighted by Gasteiger charge is -2.38. The van der Waals surface area contributed by atoms with E-state index in [9.17, 15) is 28.0 Å². The summed E-state index contributed by atoms with van der Waals surface area (Å²) in [5, 5.41) is 20.5. The quantitative estimate of drug-likeness (QED) is 0.0963. The van der Waals surface area contributed by atoms with Gasteiger partial charge in [-0.2, -0.15) is 18.4 Å². The molecule has 6 aromatic carbocycles. The number of carbonyl (C=O) groups excluding carboxylic acids is 1. The normalized spacial score (nSPS) is 11.6. The van der Waals surface area contributed by atoms with Crippen molar-refractivity contribution in [2.75, 3.05) is 12.4 Å². The number of halogens is 4. The molecule has 0 saturated heterocycles. The van der Waals surface area contributed by atoms with E-state index in [2.05, 4.69) is 15.5 Å². The Morgan fingerprint density at radius 2 is 1.45 bits per heavy atom. The summed E-state index contributed by atoms with van der Waals surface area (Å²) in [6.45, 7) is -0.974. The van der Waals surface area contributed by atoms with E-state index < -0.39 is 41.2 Å². The van der Waals surface area contributed by atoms with Gasteiger partial charge in [-0.3, -0.25) is 18.5 Å². The van der Waals surface area contributed by atoms with Gasteiger partial charge in [-0.15, -0.1) is 10.2 Å². The zero-order chi connectivity index (χ0) is 43.6. The summed E-state index contributed by atoms with van der Waals surface area (Å²) in [6, 6.07) is 41.1. The number of fused-ring (bicyclic) bond motifs is 1. The maximum Gasteiger partial charge on any atom is 0.416 e. The topological polar surface area (TPSA) is 129 Å². The Bertz CT molecular complexity index is 2930. The summed E-state index contributed by atoms with van der Waals surface area (Å²) in [7, 11) is 2.60. The largest absolute Gasteiger partial charge is 0.493 e. The molecule has 2 aromatic heterocycles. The lowest BCUT2D eigenvalue weighted by atomic mass is 9.76. The number of benzene rings is 6. The number of aromatic nitrogens is 5. The predicted molar refractivity (Wildman–Crippen MR) is 223 cm³/mol. The molecule has 0 saturated carbocycles. The average Bonchev–Trinajstić information content (AvgIpc) is 3.85. The molecular weight excluding hydrogens is 803 g/mol. The Morgan fingerprint density at radius 3 is 2.03 bits per heavy atom. The maximum absolute atomic E-state index is 16.5. The summed E-state index contributed by atoms with van der Waals surface area (Å²) in [5.41, 5.74) is -0.210. The molecule has 0 aliphatic carbocycles. The number of carbonyl (C=O) groups is 1. The van der Waals surface area contributed by atoms with Crippen LogP contribution in [-0.2, 0) is 36.7 Å². The van der Waals surface area contributed by atoms with Crippen LogP contribution in [0.15, 0.2) is 151 Å². The molecule has 0 radical (unpaired) electrons. The molecule has 8 rings (SSSR count). The van der Waals surface area contributed by atoms with Crippen molar-refractivity contribution < 1.29 is 31.8 Å². The molecule has 62 heavy (non-hydrogen) atoms. The Hall–Kier alpha value is -7.99. The van der Waals surface area contributed by atoms with Gasteiger partial charge in [0.1, 0.15) is 25.0 Å². The highest BCUT2D eigenvalue weighted by Crippen LogP contribution is 2.43. The third-order valence-corrected chi connectivity index (χ3v) is 10.6. The Balaban J connectivity index is 1.19. The number of rotatable bonds is 12. The highest BCUT2D eigenvalue weighted by Gasteiger charge is 2.40. The second kappa shape index (κ2) is 16.6. The molecule has 2 heterocycles. The number of nitriles is 1. The van der Waals surface area contributed by atoms with E-state index in [4.69, 9.17) is 9.47 Å². The summed E-state index contributed by atoms with van der Waals surface area (Å²) in [6.07, 6.45) is -3.32. The first-order chi connectivity index (χ1) is 29.9. The molecule has 8 aromatic rings. The first-order valence-electron chi connectivity index (χ1n) is 19.1. The number of aryl methyl sites for hydroxylation is 1. The molecule has 0 spiro atoms.